The summed E-state index contributed by atoms with van der Waals surface area (Å²) in [6.45, 7) is 4.46. The van der Waals surface area contributed by atoms with E-state index in [1.807, 2.05) is 80.1 Å². The molecule has 0 fully saturated rings. The smallest absolute Gasteiger partial charge is 0.228 e. The third-order valence-corrected chi connectivity index (χ3v) is 6.42. The maximum absolute atomic E-state index is 12.9. The van der Waals surface area contributed by atoms with Crippen LogP contribution < -0.4 is 15.5 Å². The Balaban J connectivity index is 1.66. The van der Waals surface area contributed by atoms with E-state index in [-0.39, 0.29) is 11.8 Å². The number of aromatic nitrogens is 3. The van der Waals surface area contributed by atoms with Gasteiger partial charge in [-0.2, -0.15) is 0 Å². The van der Waals surface area contributed by atoms with Crippen LogP contribution >= 0.6 is 11.6 Å². The van der Waals surface area contributed by atoms with Gasteiger partial charge in [0.05, 0.1) is 28.3 Å². The van der Waals surface area contributed by atoms with Crippen molar-refractivity contribution >= 4 is 57.3 Å². The van der Waals surface area contributed by atoms with Gasteiger partial charge in [0.15, 0.2) is 0 Å². The molecular formula is C28H32ClN7O2. The van der Waals surface area contributed by atoms with Gasteiger partial charge in [0.1, 0.15) is 0 Å². The van der Waals surface area contributed by atoms with Crippen molar-refractivity contribution in [2.75, 3.05) is 42.7 Å². The lowest BCUT2D eigenvalue weighted by Crippen LogP contribution is -2.33. The van der Waals surface area contributed by atoms with E-state index < -0.39 is 0 Å². The first kappa shape index (κ1) is 27.1. The summed E-state index contributed by atoms with van der Waals surface area (Å²) in [6, 6.07) is 13.5. The fourth-order valence-electron chi connectivity index (χ4n) is 4.35. The van der Waals surface area contributed by atoms with Crippen molar-refractivity contribution in [3.05, 3.63) is 59.9 Å². The molecule has 4 aromatic rings. The standard InChI is InChI=1S/C28H32ClN7O2/c1-6-36(26(38)13-14-34(3)4)25-12-11-19(15-23(25)31-18(2)37)32-28-30-16-22(29)27(33-28)21-17-35(5)24-10-8-7-9-20(21)24/h7-12,15-17H,6,13-14H2,1-5H3,(H,31,37)(H,30,32,33). The third-order valence-electron chi connectivity index (χ3n) is 6.14. The van der Waals surface area contributed by atoms with Gasteiger partial charge in [-0.1, -0.05) is 29.8 Å². The predicted octanol–water partition coefficient (Wildman–Crippen LogP) is 5.30. The number of anilines is 4. The summed E-state index contributed by atoms with van der Waals surface area (Å²) < 4.78 is 2.04. The number of fused-ring (bicyclic) bond motifs is 1. The quantitative estimate of drug-likeness (QED) is 0.303. The lowest BCUT2D eigenvalue weighted by Gasteiger charge is -2.25. The van der Waals surface area contributed by atoms with Gasteiger partial charge in [0, 0.05) is 61.8 Å². The van der Waals surface area contributed by atoms with Crippen LogP contribution in [0.1, 0.15) is 20.3 Å². The molecule has 0 bridgehead atoms. The highest BCUT2D eigenvalue weighted by molar-refractivity contribution is 6.33. The maximum Gasteiger partial charge on any atom is 0.228 e. The fraction of sp³-hybridized carbons (Fsp3) is 0.286. The van der Waals surface area contributed by atoms with Crippen LogP contribution in [-0.4, -0.2) is 58.4 Å². The lowest BCUT2D eigenvalue weighted by atomic mass is 10.1. The van der Waals surface area contributed by atoms with Crippen LogP contribution in [-0.2, 0) is 16.6 Å². The number of rotatable bonds is 9. The number of benzene rings is 2. The van der Waals surface area contributed by atoms with Gasteiger partial charge in [-0.05, 0) is 45.3 Å². The topological polar surface area (TPSA) is 95.4 Å². The Hall–Kier alpha value is -3.95. The molecule has 2 aromatic carbocycles. The van der Waals surface area contributed by atoms with Gasteiger partial charge in [0.2, 0.25) is 17.8 Å². The number of para-hydroxylation sites is 1. The monoisotopic (exact) mass is 533 g/mol. The first-order valence-corrected chi connectivity index (χ1v) is 12.8. The summed E-state index contributed by atoms with van der Waals surface area (Å²) in [7, 11) is 5.84. The van der Waals surface area contributed by atoms with E-state index in [1.165, 1.54) is 6.92 Å². The normalized spacial score (nSPS) is 11.1. The average Bonchev–Trinajstić information content (AvgIpc) is 3.21. The van der Waals surface area contributed by atoms with E-state index in [0.717, 1.165) is 16.5 Å². The van der Waals surface area contributed by atoms with Crippen LogP contribution in [0.25, 0.3) is 22.2 Å². The molecule has 9 nitrogen and oxygen atoms in total. The molecule has 198 valence electrons. The molecule has 2 amide bonds. The van der Waals surface area contributed by atoms with E-state index in [9.17, 15) is 9.59 Å². The third kappa shape index (κ3) is 5.95. The van der Waals surface area contributed by atoms with Gasteiger partial charge in [0.25, 0.3) is 0 Å². The summed E-state index contributed by atoms with van der Waals surface area (Å²) in [4.78, 5) is 37.6. The van der Waals surface area contributed by atoms with Crippen molar-refractivity contribution in [3.63, 3.8) is 0 Å². The number of carbonyl (C=O) groups is 2. The Morgan fingerprint density at radius 2 is 1.89 bits per heavy atom. The number of aryl methyl sites for hydroxylation is 1. The summed E-state index contributed by atoms with van der Waals surface area (Å²) >= 11 is 6.52. The van der Waals surface area contributed by atoms with Crippen LogP contribution in [0.15, 0.2) is 54.9 Å². The van der Waals surface area contributed by atoms with Crippen LogP contribution in [0.5, 0.6) is 0 Å². The van der Waals surface area contributed by atoms with E-state index in [1.54, 1.807) is 17.2 Å². The minimum absolute atomic E-state index is 0.0192. The molecule has 0 aliphatic rings. The Morgan fingerprint density at radius 1 is 1.13 bits per heavy atom. The van der Waals surface area contributed by atoms with E-state index in [2.05, 4.69) is 15.6 Å². The highest BCUT2D eigenvalue weighted by Gasteiger charge is 2.19. The molecule has 0 unspecified atom stereocenters. The molecule has 0 atom stereocenters. The number of carbonyl (C=O) groups excluding carboxylic acids is 2. The van der Waals surface area contributed by atoms with Gasteiger partial charge >= 0.3 is 0 Å². The van der Waals surface area contributed by atoms with E-state index >= 15 is 0 Å². The van der Waals surface area contributed by atoms with Crippen LogP contribution in [0.3, 0.4) is 0 Å². The first-order valence-electron chi connectivity index (χ1n) is 12.4. The molecule has 0 saturated heterocycles. The largest absolute Gasteiger partial charge is 0.350 e. The molecule has 0 aliphatic heterocycles. The second kappa shape index (κ2) is 11.6. The van der Waals surface area contributed by atoms with Gasteiger partial charge in [-0.15, -0.1) is 0 Å². The molecule has 0 saturated carbocycles. The zero-order chi connectivity index (χ0) is 27.4. The SMILES string of the molecule is CCN(C(=O)CCN(C)C)c1ccc(Nc2ncc(Cl)c(-c3cn(C)c4ccccc34)n2)cc1NC(C)=O. The number of nitrogens with one attached hydrogen (secondary N) is 2. The van der Waals surface area contributed by atoms with Crippen molar-refractivity contribution in [2.24, 2.45) is 7.05 Å². The Kier molecular flexibility index (Phi) is 8.29. The number of hydrogen-bond acceptors (Lipinski definition) is 6. The first-order chi connectivity index (χ1) is 18.2. The number of amides is 2. The lowest BCUT2D eigenvalue weighted by molar-refractivity contribution is -0.119. The van der Waals surface area contributed by atoms with Crippen molar-refractivity contribution in [1.29, 1.82) is 0 Å². The van der Waals surface area contributed by atoms with Crippen LogP contribution in [0, 0.1) is 0 Å². The highest BCUT2D eigenvalue weighted by Crippen LogP contribution is 2.35. The second-order valence-corrected chi connectivity index (χ2v) is 9.70. The molecule has 0 aliphatic carbocycles. The molecule has 10 heteroatoms. The summed E-state index contributed by atoms with van der Waals surface area (Å²) in [5, 5.41) is 7.55. The molecule has 2 N–H and O–H groups in total. The fourth-order valence-corrected chi connectivity index (χ4v) is 4.54. The minimum Gasteiger partial charge on any atom is -0.350 e. The summed E-state index contributed by atoms with van der Waals surface area (Å²) in [5.74, 6) is 0.101. The molecule has 0 spiro atoms. The van der Waals surface area contributed by atoms with Crippen molar-refractivity contribution in [1.82, 2.24) is 19.4 Å². The zero-order valence-electron chi connectivity index (χ0n) is 22.2. The zero-order valence-corrected chi connectivity index (χ0v) is 23.0. The van der Waals surface area contributed by atoms with E-state index in [4.69, 9.17) is 16.6 Å². The second-order valence-electron chi connectivity index (χ2n) is 9.29. The molecule has 2 aromatic heterocycles. The minimum atomic E-state index is -0.235. The molecule has 2 heterocycles. The number of hydrogen-bond donors (Lipinski definition) is 2. The summed E-state index contributed by atoms with van der Waals surface area (Å²) in [5.41, 5.74) is 4.39. The van der Waals surface area contributed by atoms with Crippen molar-refractivity contribution in [3.8, 4) is 11.3 Å². The van der Waals surface area contributed by atoms with Crippen molar-refractivity contribution in [2.45, 2.75) is 20.3 Å². The molecule has 0 radical (unpaired) electrons. The van der Waals surface area contributed by atoms with Gasteiger partial charge in [-0.25, -0.2) is 9.97 Å². The van der Waals surface area contributed by atoms with E-state index in [0.29, 0.717) is 53.2 Å². The maximum atomic E-state index is 12.9. The highest BCUT2D eigenvalue weighted by atomic mass is 35.5. The Bertz CT molecular complexity index is 1480. The van der Waals surface area contributed by atoms with Crippen LogP contribution in [0.2, 0.25) is 5.02 Å². The summed E-state index contributed by atoms with van der Waals surface area (Å²) in [6.07, 6.45) is 3.94. The number of halogens is 1. The molecule has 4 rings (SSSR count). The Labute approximate surface area is 227 Å². The molecular weight excluding hydrogens is 502 g/mol. The predicted molar refractivity (Wildman–Crippen MR) is 154 cm³/mol. The van der Waals surface area contributed by atoms with Crippen molar-refractivity contribution < 1.29 is 9.59 Å². The van der Waals surface area contributed by atoms with Gasteiger partial charge in [-0.3, -0.25) is 9.59 Å². The van der Waals surface area contributed by atoms with Gasteiger partial charge < -0.3 is 25.0 Å². The molecule has 38 heavy (non-hydrogen) atoms. The average molecular weight is 534 g/mol. The Morgan fingerprint density at radius 3 is 2.61 bits per heavy atom. The number of nitrogens with zero attached hydrogens (tertiary/aromatic N) is 5. The van der Waals surface area contributed by atoms with Crippen LogP contribution in [0.4, 0.5) is 23.0 Å².